The van der Waals surface area contributed by atoms with Crippen molar-refractivity contribution in [2.45, 2.75) is 6.61 Å². The van der Waals surface area contributed by atoms with Crippen LogP contribution in [0.3, 0.4) is 0 Å². The third kappa shape index (κ3) is 7.55. The fourth-order valence-electron chi connectivity index (χ4n) is 2.51. The van der Waals surface area contributed by atoms with E-state index in [2.05, 4.69) is 31.8 Å². The number of hydrogen-bond acceptors (Lipinski definition) is 4. The first kappa shape index (κ1) is 22.5. The van der Waals surface area contributed by atoms with Gasteiger partial charge in [-0.05, 0) is 65.7 Å². The van der Waals surface area contributed by atoms with E-state index in [1.165, 1.54) is 6.21 Å². The molecule has 2 N–H and O–H groups in total. The molecule has 0 unspecified atom stereocenters. The largest absolute Gasteiger partial charge is 0.489 e. The Bertz CT molecular complexity index is 1070. The van der Waals surface area contributed by atoms with Crippen LogP contribution in [0.15, 0.2) is 82.4 Å². The lowest BCUT2D eigenvalue weighted by molar-refractivity contribution is -0.120. The molecule has 0 saturated carbocycles. The van der Waals surface area contributed by atoms with Crippen molar-refractivity contribution in [3.8, 4) is 5.75 Å². The van der Waals surface area contributed by atoms with E-state index in [-0.39, 0.29) is 12.5 Å². The number of ether oxygens (including phenoxy) is 1. The van der Waals surface area contributed by atoms with Crippen molar-refractivity contribution >= 4 is 45.6 Å². The fraction of sp³-hybridized carbons (Fsp3) is 0.0870. The summed E-state index contributed by atoms with van der Waals surface area (Å²) in [4.78, 5) is 23.9. The van der Waals surface area contributed by atoms with Gasteiger partial charge in [0.25, 0.3) is 11.8 Å². The smallest absolute Gasteiger partial charge is 0.259 e. The average molecular weight is 501 g/mol. The van der Waals surface area contributed by atoms with Crippen LogP contribution in [0.5, 0.6) is 5.75 Å². The van der Waals surface area contributed by atoms with Gasteiger partial charge in [0.05, 0.1) is 12.8 Å². The molecule has 0 radical (unpaired) electrons. The zero-order chi connectivity index (χ0) is 22.1. The number of carbonyl (C=O) groups excluding carboxylic acids is 2. The molecule has 3 rings (SSSR count). The molecule has 2 amide bonds. The molecule has 8 heteroatoms. The second-order valence-corrected chi connectivity index (χ2v) is 7.82. The number of hydrogen-bond donors (Lipinski definition) is 2. The van der Waals surface area contributed by atoms with E-state index in [0.29, 0.717) is 22.9 Å². The van der Waals surface area contributed by atoms with Gasteiger partial charge in [-0.2, -0.15) is 5.10 Å². The van der Waals surface area contributed by atoms with Crippen molar-refractivity contribution in [2.75, 3.05) is 6.54 Å². The molecule has 0 aromatic heterocycles. The van der Waals surface area contributed by atoms with Gasteiger partial charge in [-0.1, -0.05) is 45.7 Å². The van der Waals surface area contributed by atoms with Crippen LogP contribution < -0.4 is 15.5 Å². The van der Waals surface area contributed by atoms with Crippen LogP contribution in [0, 0.1) is 0 Å². The Kier molecular flexibility index (Phi) is 8.20. The van der Waals surface area contributed by atoms with Crippen molar-refractivity contribution in [2.24, 2.45) is 5.10 Å². The maximum Gasteiger partial charge on any atom is 0.259 e. The van der Waals surface area contributed by atoms with E-state index < -0.39 is 5.91 Å². The zero-order valence-corrected chi connectivity index (χ0v) is 18.7. The van der Waals surface area contributed by atoms with Crippen molar-refractivity contribution in [1.29, 1.82) is 0 Å². The average Bonchev–Trinajstić information content (AvgIpc) is 2.78. The molecule has 0 heterocycles. The topological polar surface area (TPSA) is 79.8 Å². The predicted molar refractivity (Wildman–Crippen MR) is 124 cm³/mol. The Morgan fingerprint density at radius 1 is 1.03 bits per heavy atom. The minimum atomic E-state index is -0.428. The molecule has 158 valence electrons. The summed E-state index contributed by atoms with van der Waals surface area (Å²) in [5.74, 6) is -0.0523. The van der Waals surface area contributed by atoms with Crippen LogP contribution in [0.25, 0.3) is 0 Å². The molecule has 31 heavy (non-hydrogen) atoms. The first-order chi connectivity index (χ1) is 15.0. The van der Waals surface area contributed by atoms with Crippen LogP contribution in [0.1, 0.15) is 21.5 Å². The summed E-state index contributed by atoms with van der Waals surface area (Å²) in [7, 11) is 0. The normalized spacial score (nSPS) is 10.6. The highest BCUT2D eigenvalue weighted by atomic mass is 79.9. The van der Waals surface area contributed by atoms with Crippen molar-refractivity contribution in [3.63, 3.8) is 0 Å². The Morgan fingerprint density at radius 2 is 1.77 bits per heavy atom. The summed E-state index contributed by atoms with van der Waals surface area (Å²) >= 11 is 9.17. The third-order valence-electron chi connectivity index (χ3n) is 4.10. The molecular formula is C23H19BrClN3O3. The predicted octanol–water partition coefficient (Wildman–Crippen LogP) is 4.56. The number of carbonyl (C=O) groups is 2. The minimum Gasteiger partial charge on any atom is -0.489 e. The molecular weight excluding hydrogens is 482 g/mol. The van der Waals surface area contributed by atoms with Gasteiger partial charge >= 0.3 is 0 Å². The van der Waals surface area contributed by atoms with E-state index in [1.807, 2.05) is 54.6 Å². The van der Waals surface area contributed by atoms with Crippen LogP contribution in [0.2, 0.25) is 5.02 Å². The molecule has 0 saturated heterocycles. The van der Waals surface area contributed by atoms with Gasteiger partial charge in [-0.3, -0.25) is 9.59 Å². The molecule has 0 bridgehead atoms. The minimum absolute atomic E-state index is 0.180. The van der Waals surface area contributed by atoms with Crippen molar-refractivity contribution < 1.29 is 14.3 Å². The van der Waals surface area contributed by atoms with Gasteiger partial charge < -0.3 is 10.1 Å². The number of rotatable bonds is 8. The fourth-order valence-corrected chi connectivity index (χ4v) is 3.03. The number of benzene rings is 3. The molecule has 3 aromatic carbocycles. The standard InChI is InChI=1S/C23H19BrClN3O3/c24-19-3-1-2-18(12-19)23(30)26-14-22(29)28-27-13-16-6-10-21(11-7-16)31-15-17-4-8-20(25)9-5-17/h1-13H,14-15H2,(H,26,30)(H,28,29)/b27-13+. The highest BCUT2D eigenvalue weighted by molar-refractivity contribution is 9.10. The summed E-state index contributed by atoms with van der Waals surface area (Å²) < 4.78 is 6.51. The third-order valence-corrected chi connectivity index (χ3v) is 4.84. The quantitative estimate of drug-likeness (QED) is 0.351. The lowest BCUT2D eigenvalue weighted by Gasteiger charge is -2.06. The van der Waals surface area contributed by atoms with Crippen LogP contribution in [-0.4, -0.2) is 24.6 Å². The number of halogens is 2. The van der Waals surface area contributed by atoms with Crippen molar-refractivity contribution in [3.05, 3.63) is 99.0 Å². The summed E-state index contributed by atoms with van der Waals surface area (Å²) in [5, 5.41) is 7.13. The first-order valence-corrected chi connectivity index (χ1v) is 10.5. The molecule has 3 aromatic rings. The Balaban J connectivity index is 1.41. The highest BCUT2D eigenvalue weighted by Gasteiger charge is 2.07. The SMILES string of the molecule is O=C(CNC(=O)c1cccc(Br)c1)N/N=C/c1ccc(OCc2ccc(Cl)cc2)cc1. The lowest BCUT2D eigenvalue weighted by Crippen LogP contribution is -2.34. The van der Waals surface area contributed by atoms with Crippen LogP contribution in [-0.2, 0) is 11.4 Å². The van der Waals surface area contributed by atoms with E-state index in [4.69, 9.17) is 16.3 Å². The van der Waals surface area contributed by atoms with Gasteiger partial charge in [0.15, 0.2) is 0 Å². The molecule has 0 aliphatic carbocycles. The summed E-state index contributed by atoms with van der Waals surface area (Å²) in [6, 6.07) is 21.6. The highest BCUT2D eigenvalue weighted by Crippen LogP contribution is 2.15. The van der Waals surface area contributed by atoms with E-state index in [9.17, 15) is 9.59 Å². The monoisotopic (exact) mass is 499 g/mol. The number of amides is 2. The summed E-state index contributed by atoms with van der Waals surface area (Å²) in [6.45, 7) is 0.256. The number of nitrogens with one attached hydrogen (secondary N) is 2. The molecule has 0 aliphatic heterocycles. The Hall–Kier alpha value is -3.16. The molecule has 6 nitrogen and oxygen atoms in total. The molecule has 0 atom stereocenters. The van der Waals surface area contributed by atoms with Crippen LogP contribution >= 0.6 is 27.5 Å². The van der Waals surface area contributed by atoms with E-state index in [0.717, 1.165) is 15.6 Å². The van der Waals surface area contributed by atoms with Gasteiger partial charge in [-0.25, -0.2) is 5.43 Å². The second kappa shape index (κ2) is 11.3. The van der Waals surface area contributed by atoms with Gasteiger partial charge in [0.1, 0.15) is 12.4 Å². The van der Waals surface area contributed by atoms with E-state index in [1.54, 1.807) is 18.2 Å². The summed E-state index contributed by atoms with van der Waals surface area (Å²) in [6.07, 6.45) is 1.51. The molecule has 0 aliphatic rings. The number of hydrazone groups is 1. The van der Waals surface area contributed by atoms with Gasteiger partial charge in [0, 0.05) is 15.1 Å². The first-order valence-electron chi connectivity index (χ1n) is 9.32. The lowest BCUT2D eigenvalue weighted by atomic mass is 10.2. The Labute approximate surface area is 193 Å². The maximum absolute atomic E-state index is 12.0. The molecule has 0 spiro atoms. The second-order valence-electron chi connectivity index (χ2n) is 6.47. The van der Waals surface area contributed by atoms with Crippen LogP contribution in [0.4, 0.5) is 0 Å². The zero-order valence-electron chi connectivity index (χ0n) is 16.3. The Morgan fingerprint density at radius 3 is 2.48 bits per heavy atom. The molecule has 0 fully saturated rings. The number of nitrogens with zero attached hydrogens (tertiary/aromatic N) is 1. The summed E-state index contributed by atoms with van der Waals surface area (Å²) in [5.41, 5.74) is 4.65. The van der Waals surface area contributed by atoms with Crippen molar-refractivity contribution in [1.82, 2.24) is 10.7 Å². The van der Waals surface area contributed by atoms with Gasteiger partial charge in [-0.15, -0.1) is 0 Å². The van der Waals surface area contributed by atoms with E-state index >= 15 is 0 Å². The maximum atomic E-state index is 12.0. The van der Waals surface area contributed by atoms with Gasteiger partial charge in [0.2, 0.25) is 0 Å².